The lowest BCUT2D eigenvalue weighted by Crippen LogP contribution is -2.30. The first kappa shape index (κ1) is 21.4. The van der Waals surface area contributed by atoms with Crippen LogP contribution < -0.4 is 15.4 Å². The van der Waals surface area contributed by atoms with Crippen LogP contribution in [0, 0.1) is 10.1 Å². The smallest absolute Gasteiger partial charge is 0.338 e. The first-order chi connectivity index (χ1) is 13.7. The molecule has 10 nitrogen and oxygen atoms in total. The molecule has 0 aliphatic carbocycles. The molecule has 0 heterocycles. The van der Waals surface area contributed by atoms with Gasteiger partial charge in [0.05, 0.1) is 23.3 Å². The number of carbonyl (C=O) groups excluding carboxylic acids is 3. The van der Waals surface area contributed by atoms with Gasteiger partial charge in [-0.3, -0.25) is 19.7 Å². The van der Waals surface area contributed by atoms with E-state index in [0.29, 0.717) is 5.69 Å². The number of ether oxygens (including phenoxy) is 2. The summed E-state index contributed by atoms with van der Waals surface area (Å²) < 4.78 is 10.2. The van der Waals surface area contributed by atoms with Crippen molar-refractivity contribution in [2.45, 2.75) is 20.0 Å². The number of methoxy groups -OCH3 is 1. The Morgan fingerprint density at radius 2 is 1.72 bits per heavy atom. The van der Waals surface area contributed by atoms with Gasteiger partial charge in [0.25, 0.3) is 11.6 Å². The number of carbonyl (C=O) groups is 3. The van der Waals surface area contributed by atoms with Crippen LogP contribution in [0.5, 0.6) is 5.75 Å². The second-order valence-electron chi connectivity index (χ2n) is 5.94. The van der Waals surface area contributed by atoms with Crippen molar-refractivity contribution in [1.82, 2.24) is 0 Å². The summed E-state index contributed by atoms with van der Waals surface area (Å²) in [6.07, 6.45) is -1.18. The normalized spacial score (nSPS) is 11.1. The average Bonchev–Trinajstić information content (AvgIpc) is 2.67. The SMILES string of the molecule is COc1ccc([N+](=O)[O-])cc1NC(=O)[C@H](C)OC(=O)c1ccc(NC(C)=O)cc1. The molecule has 29 heavy (non-hydrogen) atoms. The maximum Gasteiger partial charge on any atom is 0.338 e. The summed E-state index contributed by atoms with van der Waals surface area (Å²) in [4.78, 5) is 45.9. The number of nitrogens with zero attached hydrogens (tertiary/aromatic N) is 1. The molecule has 2 aromatic rings. The highest BCUT2D eigenvalue weighted by Crippen LogP contribution is 2.29. The van der Waals surface area contributed by atoms with E-state index in [-0.39, 0.29) is 28.6 Å². The third-order valence-corrected chi connectivity index (χ3v) is 3.75. The van der Waals surface area contributed by atoms with Gasteiger partial charge in [-0.15, -0.1) is 0 Å². The highest BCUT2D eigenvalue weighted by molar-refractivity contribution is 5.98. The Balaban J connectivity index is 2.05. The van der Waals surface area contributed by atoms with Gasteiger partial charge in [-0.1, -0.05) is 0 Å². The van der Waals surface area contributed by atoms with Gasteiger partial charge in [-0.05, 0) is 37.3 Å². The van der Waals surface area contributed by atoms with E-state index in [2.05, 4.69) is 10.6 Å². The fraction of sp³-hybridized carbons (Fsp3) is 0.211. The highest BCUT2D eigenvalue weighted by atomic mass is 16.6. The maximum absolute atomic E-state index is 12.3. The molecule has 0 aliphatic rings. The van der Waals surface area contributed by atoms with Crippen LogP contribution in [-0.2, 0) is 14.3 Å². The summed E-state index contributed by atoms with van der Waals surface area (Å²) in [5, 5.41) is 15.9. The number of anilines is 2. The van der Waals surface area contributed by atoms with Gasteiger partial charge in [-0.2, -0.15) is 0 Å². The van der Waals surface area contributed by atoms with Crippen molar-refractivity contribution >= 4 is 34.8 Å². The molecule has 152 valence electrons. The second kappa shape index (κ2) is 9.31. The fourth-order valence-electron chi connectivity index (χ4n) is 2.32. The minimum atomic E-state index is -1.18. The lowest BCUT2D eigenvalue weighted by Gasteiger charge is -2.15. The van der Waals surface area contributed by atoms with E-state index in [1.807, 2.05) is 0 Å². The maximum atomic E-state index is 12.3. The number of hydrogen-bond donors (Lipinski definition) is 2. The third-order valence-electron chi connectivity index (χ3n) is 3.75. The predicted octanol–water partition coefficient (Wildman–Crippen LogP) is 2.75. The number of nitro groups is 1. The molecule has 0 unspecified atom stereocenters. The summed E-state index contributed by atoms with van der Waals surface area (Å²) in [5.41, 5.74) is 0.545. The van der Waals surface area contributed by atoms with Gasteiger partial charge < -0.3 is 20.1 Å². The first-order valence-electron chi connectivity index (χ1n) is 8.43. The highest BCUT2D eigenvalue weighted by Gasteiger charge is 2.21. The number of esters is 1. The number of non-ortho nitro benzene ring substituents is 1. The second-order valence-corrected chi connectivity index (χ2v) is 5.94. The Kier molecular flexibility index (Phi) is 6.85. The Bertz CT molecular complexity index is 941. The van der Waals surface area contributed by atoms with E-state index in [9.17, 15) is 24.5 Å². The van der Waals surface area contributed by atoms with Gasteiger partial charge in [0.1, 0.15) is 5.75 Å². The van der Waals surface area contributed by atoms with E-state index >= 15 is 0 Å². The lowest BCUT2D eigenvalue weighted by atomic mass is 10.2. The quantitative estimate of drug-likeness (QED) is 0.413. The van der Waals surface area contributed by atoms with Crippen LogP contribution in [0.3, 0.4) is 0 Å². The first-order valence-corrected chi connectivity index (χ1v) is 8.43. The third kappa shape index (κ3) is 5.76. The molecule has 2 aromatic carbocycles. The molecule has 2 N–H and O–H groups in total. The minimum absolute atomic E-state index is 0.0780. The molecule has 0 radical (unpaired) electrons. The van der Waals surface area contributed by atoms with Crippen molar-refractivity contribution in [3.8, 4) is 5.75 Å². The van der Waals surface area contributed by atoms with Crippen LogP contribution in [0.15, 0.2) is 42.5 Å². The van der Waals surface area contributed by atoms with Crippen LogP contribution in [0.2, 0.25) is 0 Å². The van der Waals surface area contributed by atoms with Crippen molar-refractivity contribution in [2.75, 3.05) is 17.7 Å². The number of nitro benzene ring substituents is 1. The Hall–Kier alpha value is -3.95. The van der Waals surface area contributed by atoms with E-state index in [0.717, 1.165) is 6.07 Å². The number of rotatable bonds is 7. The zero-order valence-electron chi connectivity index (χ0n) is 15.9. The van der Waals surface area contributed by atoms with Gasteiger partial charge in [0, 0.05) is 24.7 Å². The molecular formula is C19H19N3O7. The number of amides is 2. The Morgan fingerprint density at radius 3 is 2.28 bits per heavy atom. The Labute approximate surface area is 166 Å². The van der Waals surface area contributed by atoms with E-state index in [1.165, 1.54) is 57.4 Å². The van der Waals surface area contributed by atoms with Gasteiger partial charge >= 0.3 is 5.97 Å². The molecule has 0 spiro atoms. The summed E-state index contributed by atoms with van der Waals surface area (Å²) >= 11 is 0. The number of benzene rings is 2. The summed E-state index contributed by atoms with van der Waals surface area (Å²) in [5.74, 6) is -1.46. The molecule has 2 amide bonds. The van der Waals surface area contributed by atoms with E-state index < -0.39 is 22.9 Å². The van der Waals surface area contributed by atoms with E-state index in [4.69, 9.17) is 9.47 Å². The molecule has 0 fully saturated rings. The van der Waals surface area contributed by atoms with Crippen molar-refractivity contribution in [3.63, 3.8) is 0 Å². The molecule has 0 aliphatic heterocycles. The zero-order valence-corrected chi connectivity index (χ0v) is 15.9. The number of hydrogen-bond acceptors (Lipinski definition) is 7. The van der Waals surface area contributed by atoms with Gasteiger partial charge in [0.15, 0.2) is 6.10 Å². The molecule has 0 bridgehead atoms. The fourth-order valence-corrected chi connectivity index (χ4v) is 2.32. The van der Waals surface area contributed by atoms with Crippen LogP contribution in [-0.4, -0.2) is 35.9 Å². The monoisotopic (exact) mass is 401 g/mol. The molecule has 10 heteroatoms. The molecule has 0 aromatic heterocycles. The van der Waals surface area contributed by atoms with Crippen molar-refractivity contribution < 1.29 is 28.8 Å². The molecule has 0 saturated carbocycles. The van der Waals surface area contributed by atoms with Crippen LogP contribution in [0.1, 0.15) is 24.2 Å². The molecule has 2 rings (SSSR count). The lowest BCUT2D eigenvalue weighted by molar-refractivity contribution is -0.384. The largest absolute Gasteiger partial charge is 0.495 e. The zero-order chi connectivity index (χ0) is 21.6. The van der Waals surface area contributed by atoms with Gasteiger partial charge in [0.2, 0.25) is 5.91 Å². The molecule has 1 atom stereocenters. The summed E-state index contributed by atoms with van der Waals surface area (Å²) in [6.45, 7) is 2.72. The molecule has 0 saturated heterocycles. The van der Waals surface area contributed by atoms with Crippen LogP contribution in [0.25, 0.3) is 0 Å². The van der Waals surface area contributed by atoms with Crippen molar-refractivity contribution in [1.29, 1.82) is 0 Å². The van der Waals surface area contributed by atoms with Crippen molar-refractivity contribution in [2.24, 2.45) is 0 Å². The predicted molar refractivity (Wildman–Crippen MR) is 104 cm³/mol. The van der Waals surface area contributed by atoms with Gasteiger partial charge in [-0.25, -0.2) is 4.79 Å². The van der Waals surface area contributed by atoms with Crippen molar-refractivity contribution in [3.05, 3.63) is 58.1 Å². The minimum Gasteiger partial charge on any atom is -0.495 e. The average molecular weight is 401 g/mol. The van der Waals surface area contributed by atoms with E-state index in [1.54, 1.807) is 0 Å². The summed E-state index contributed by atoms with van der Waals surface area (Å²) in [6, 6.07) is 9.67. The van der Waals surface area contributed by atoms with Crippen LogP contribution >= 0.6 is 0 Å². The van der Waals surface area contributed by atoms with Crippen LogP contribution in [0.4, 0.5) is 17.1 Å². The standard InChI is InChI=1S/C19H19N3O7/c1-11(29-19(25)13-4-6-14(7-5-13)20-12(2)23)18(24)21-16-10-15(22(26)27)8-9-17(16)28-3/h4-11H,1-3H3,(H,20,23)(H,21,24)/t11-/m0/s1. The molecular weight excluding hydrogens is 382 g/mol. The Morgan fingerprint density at radius 1 is 1.07 bits per heavy atom. The topological polar surface area (TPSA) is 137 Å². The summed E-state index contributed by atoms with van der Waals surface area (Å²) in [7, 11) is 1.35. The number of nitrogens with one attached hydrogen (secondary N) is 2.